The number of hydrogen-bond acceptors (Lipinski definition) is 7. The summed E-state index contributed by atoms with van der Waals surface area (Å²) >= 11 is 0. The van der Waals surface area contributed by atoms with Gasteiger partial charge in [0.1, 0.15) is 18.7 Å². The molecule has 2 aliphatic heterocycles. The van der Waals surface area contributed by atoms with Gasteiger partial charge >= 0.3 is 5.97 Å². The number of nitrogens with zero attached hydrogens (tertiary/aromatic N) is 3. The average Bonchev–Trinajstić information content (AvgIpc) is 3.62. The number of esters is 1. The zero-order valence-corrected chi connectivity index (χ0v) is 19.9. The molecule has 3 aliphatic rings. The van der Waals surface area contributed by atoms with Gasteiger partial charge in [-0.15, -0.1) is 0 Å². The quantitative estimate of drug-likeness (QED) is 0.627. The summed E-state index contributed by atoms with van der Waals surface area (Å²) in [6.07, 6.45) is 6.04. The van der Waals surface area contributed by atoms with E-state index in [1.165, 1.54) is 0 Å². The van der Waals surface area contributed by atoms with Gasteiger partial charge < -0.3 is 14.8 Å². The number of piperidine rings is 1. The number of aryl methyl sites for hydroxylation is 2. The summed E-state index contributed by atoms with van der Waals surface area (Å²) in [5.41, 5.74) is 4.05. The molecule has 8 heteroatoms. The van der Waals surface area contributed by atoms with Crippen molar-refractivity contribution in [2.45, 2.75) is 46.0 Å². The number of anilines is 1. The Labute approximate surface area is 200 Å². The fraction of sp³-hybridized carbons (Fsp3) is 0.538. The normalized spacial score (nSPS) is 19.8. The van der Waals surface area contributed by atoms with Crippen LogP contribution in [0.4, 0.5) is 5.69 Å². The predicted octanol–water partition coefficient (Wildman–Crippen LogP) is 3.52. The highest BCUT2D eigenvalue weighted by Gasteiger charge is 2.46. The summed E-state index contributed by atoms with van der Waals surface area (Å²) in [4.78, 5) is 35.5. The molecule has 1 amide bonds. The first-order valence-electron chi connectivity index (χ1n) is 12.2. The van der Waals surface area contributed by atoms with Crippen LogP contribution in [0, 0.1) is 25.2 Å². The SMILES string of the molecule is Cc1ncnc(C)c1-c1cc(NC(=O)C2CC2)ccc1OCCN1CCC2(CCOC2=O)CC1. The highest BCUT2D eigenvalue weighted by Crippen LogP contribution is 2.40. The zero-order valence-electron chi connectivity index (χ0n) is 19.9. The molecule has 0 radical (unpaired) electrons. The molecule has 3 fully saturated rings. The standard InChI is InChI=1S/C26H32N4O4/c1-17-23(18(2)28-16-27-17)21-15-20(29-24(31)19-3-4-19)5-6-22(21)33-14-12-30-10-7-26(8-11-30)9-13-34-25(26)32/h5-6,15-16,19H,3-4,7-14H2,1-2H3,(H,29,31). The van der Waals surface area contributed by atoms with Crippen molar-refractivity contribution in [3.63, 3.8) is 0 Å². The first-order chi connectivity index (χ1) is 16.4. The molecule has 180 valence electrons. The number of likely N-dealkylation sites (tertiary alicyclic amines) is 1. The van der Waals surface area contributed by atoms with Gasteiger partial charge in [-0.05, 0) is 77.2 Å². The average molecular weight is 465 g/mol. The summed E-state index contributed by atoms with van der Waals surface area (Å²) in [5.74, 6) is 0.945. The van der Waals surface area contributed by atoms with Crippen LogP contribution in [0.5, 0.6) is 5.75 Å². The van der Waals surface area contributed by atoms with Crippen LogP contribution in [-0.2, 0) is 14.3 Å². The van der Waals surface area contributed by atoms with Crippen LogP contribution in [0.1, 0.15) is 43.5 Å². The zero-order chi connectivity index (χ0) is 23.7. The Kier molecular flexibility index (Phi) is 6.25. The number of hydrogen-bond donors (Lipinski definition) is 1. The summed E-state index contributed by atoms with van der Waals surface area (Å²) in [6, 6.07) is 5.78. The van der Waals surface area contributed by atoms with Crippen LogP contribution >= 0.6 is 0 Å². The fourth-order valence-corrected chi connectivity index (χ4v) is 5.04. The Hall–Kier alpha value is -3.00. The van der Waals surface area contributed by atoms with Gasteiger partial charge in [0, 0.05) is 40.7 Å². The van der Waals surface area contributed by atoms with Crippen LogP contribution in [-0.4, -0.2) is 59.6 Å². The molecule has 5 rings (SSSR count). The minimum Gasteiger partial charge on any atom is -0.492 e. The van der Waals surface area contributed by atoms with E-state index in [2.05, 4.69) is 20.2 Å². The number of aromatic nitrogens is 2. The second-order valence-electron chi connectivity index (χ2n) is 9.75. The van der Waals surface area contributed by atoms with E-state index in [1.54, 1.807) is 6.33 Å². The van der Waals surface area contributed by atoms with E-state index in [-0.39, 0.29) is 23.2 Å². The summed E-state index contributed by atoms with van der Waals surface area (Å²) in [5, 5.41) is 3.03. The van der Waals surface area contributed by atoms with Crippen LogP contribution in [0.25, 0.3) is 11.1 Å². The Balaban J connectivity index is 1.28. The monoisotopic (exact) mass is 464 g/mol. The lowest BCUT2D eigenvalue weighted by Crippen LogP contribution is -2.43. The molecule has 1 aromatic heterocycles. The summed E-state index contributed by atoms with van der Waals surface area (Å²) < 4.78 is 11.5. The van der Waals surface area contributed by atoms with Gasteiger partial charge in [0.15, 0.2) is 0 Å². The van der Waals surface area contributed by atoms with E-state index in [1.807, 2.05) is 32.0 Å². The molecule has 1 N–H and O–H groups in total. The van der Waals surface area contributed by atoms with E-state index < -0.39 is 0 Å². The molecule has 0 atom stereocenters. The molecule has 0 bridgehead atoms. The summed E-state index contributed by atoms with van der Waals surface area (Å²) in [7, 11) is 0. The number of carbonyl (C=O) groups excluding carboxylic acids is 2. The van der Waals surface area contributed by atoms with Crippen molar-refractivity contribution in [2.24, 2.45) is 11.3 Å². The van der Waals surface area contributed by atoms with Gasteiger partial charge in [0.25, 0.3) is 0 Å². The van der Waals surface area contributed by atoms with Crippen LogP contribution < -0.4 is 10.1 Å². The maximum Gasteiger partial charge on any atom is 0.312 e. The third-order valence-corrected chi connectivity index (χ3v) is 7.42. The molecule has 2 aromatic rings. The molecule has 1 spiro atoms. The van der Waals surface area contributed by atoms with Crippen LogP contribution in [0.2, 0.25) is 0 Å². The number of carbonyl (C=O) groups is 2. The minimum atomic E-state index is -0.256. The molecule has 8 nitrogen and oxygen atoms in total. The molecule has 34 heavy (non-hydrogen) atoms. The van der Waals surface area contributed by atoms with Gasteiger partial charge in [-0.3, -0.25) is 14.5 Å². The van der Waals surface area contributed by atoms with Gasteiger partial charge in [-0.25, -0.2) is 9.97 Å². The first kappa shape index (κ1) is 22.8. The summed E-state index contributed by atoms with van der Waals surface area (Å²) in [6.45, 7) is 7.55. The van der Waals surface area contributed by atoms with Crippen molar-refractivity contribution in [2.75, 3.05) is 38.2 Å². The van der Waals surface area contributed by atoms with Gasteiger partial charge in [0.05, 0.1) is 12.0 Å². The number of amides is 1. The Morgan fingerprint density at radius 1 is 1.18 bits per heavy atom. The number of rotatable bonds is 7. The largest absolute Gasteiger partial charge is 0.492 e. The third kappa shape index (κ3) is 4.64. The second-order valence-corrected chi connectivity index (χ2v) is 9.75. The smallest absolute Gasteiger partial charge is 0.312 e. The lowest BCUT2D eigenvalue weighted by Gasteiger charge is -2.36. The second kappa shape index (κ2) is 9.33. The van der Waals surface area contributed by atoms with E-state index in [0.717, 1.165) is 85.7 Å². The Morgan fingerprint density at radius 2 is 1.91 bits per heavy atom. The van der Waals surface area contributed by atoms with Gasteiger partial charge in [0.2, 0.25) is 5.91 Å². The van der Waals surface area contributed by atoms with Crippen molar-refractivity contribution < 1.29 is 19.1 Å². The van der Waals surface area contributed by atoms with Crippen molar-refractivity contribution in [1.29, 1.82) is 0 Å². The lowest BCUT2D eigenvalue weighted by molar-refractivity contribution is -0.148. The van der Waals surface area contributed by atoms with Crippen LogP contribution in [0.15, 0.2) is 24.5 Å². The van der Waals surface area contributed by atoms with Crippen molar-refractivity contribution in [1.82, 2.24) is 14.9 Å². The number of benzene rings is 1. The first-order valence-corrected chi connectivity index (χ1v) is 12.2. The van der Waals surface area contributed by atoms with Crippen molar-refractivity contribution in [3.05, 3.63) is 35.9 Å². The third-order valence-electron chi connectivity index (χ3n) is 7.42. The molecule has 1 saturated carbocycles. The predicted molar refractivity (Wildman–Crippen MR) is 127 cm³/mol. The highest BCUT2D eigenvalue weighted by molar-refractivity contribution is 5.95. The number of cyclic esters (lactones) is 1. The van der Waals surface area contributed by atoms with E-state index in [9.17, 15) is 9.59 Å². The topological polar surface area (TPSA) is 93.7 Å². The van der Waals surface area contributed by atoms with Crippen LogP contribution in [0.3, 0.4) is 0 Å². The maximum atomic E-state index is 12.3. The fourth-order valence-electron chi connectivity index (χ4n) is 5.04. The molecule has 0 unspecified atom stereocenters. The van der Waals surface area contributed by atoms with E-state index >= 15 is 0 Å². The van der Waals surface area contributed by atoms with E-state index in [4.69, 9.17) is 9.47 Å². The maximum absolute atomic E-state index is 12.3. The Bertz CT molecular complexity index is 1070. The molecule has 1 aromatic carbocycles. The molecule has 1 aliphatic carbocycles. The van der Waals surface area contributed by atoms with Gasteiger partial charge in [-0.2, -0.15) is 0 Å². The molecule has 3 heterocycles. The molecular weight excluding hydrogens is 432 g/mol. The van der Waals surface area contributed by atoms with Gasteiger partial charge in [-0.1, -0.05) is 0 Å². The lowest BCUT2D eigenvalue weighted by atomic mass is 9.77. The number of ether oxygens (including phenoxy) is 2. The molecule has 2 saturated heterocycles. The molecular formula is C26H32N4O4. The minimum absolute atomic E-state index is 0.0160. The van der Waals surface area contributed by atoms with Crippen molar-refractivity contribution >= 4 is 17.6 Å². The number of nitrogens with one attached hydrogen (secondary N) is 1. The van der Waals surface area contributed by atoms with E-state index in [0.29, 0.717) is 13.2 Å². The Morgan fingerprint density at radius 3 is 2.56 bits per heavy atom. The van der Waals surface area contributed by atoms with Crippen molar-refractivity contribution in [3.8, 4) is 16.9 Å². The highest BCUT2D eigenvalue weighted by atomic mass is 16.5.